The first-order valence-corrected chi connectivity index (χ1v) is 7.69. The first kappa shape index (κ1) is 13.9. The van der Waals surface area contributed by atoms with Crippen LogP contribution in [0.15, 0.2) is 59.2 Å². The highest BCUT2D eigenvalue weighted by atomic mass is 16.5. The zero-order chi connectivity index (χ0) is 15.8. The second kappa shape index (κ2) is 5.47. The highest BCUT2D eigenvalue weighted by Gasteiger charge is 2.35. The fraction of sp³-hybridized carbons (Fsp3) is 0.211. The molecule has 1 saturated heterocycles. The lowest BCUT2D eigenvalue weighted by molar-refractivity contribution is 0.0461. The molecule has 2 heterocycles. The molecular weight excluding hydrogens is 290 g/mol. The predicted molar refractivity (Wildman–Crippen MR) is 87.6 cm³/mol. The molecule has 4 nitrogen and oxygen atoms in total. The summed E-state index contributed by atoms with van der Waals surface area (Å²) in [7, 11) is 1.65. The maximum absolute atomic E-state index is 12.9. The number of methoxy groups -OCH3 is 1. The topological polar surface area (TPSA) is 42.7 Å². The molecule has 0 bridgehead atoms. The van der Waals surface area contributed by atoms with E-state index in [2.05, 4.69) is 0 Å². The van der Waals surface area contributed by atoms with E-state index in [9.17, 15) is 4.79 Å². The van der Waals surface area contributed by atoms with Crippen LogP contribution in [-0.2, 0) is 0 Å². The standard InChI is InChI=1S/C19H17NO3/c1-22-14-6-4-5-13(11-14)17-9-10-20(17)19(21)16-12-23-18-8-3-2-7-15(16)18/h2-8,11-12,17H,9-10H2,1H3/t17-/m1/s1. The van der Waals surface area contributed by atoms with Crippen LogP contribution in [0.2, 0.25) is 0 Å². The van der Waals surface area contributed by atoms with Crippen LogP contribution in [0.4, 0.5) is 0 Å². The lowest BCUT2D eigenvalue weighted by atomic mass is 9.93. The second-order valence-corrected chi connectivity index (χ2v) is 5.73. The van der Waals surface area contributed by atoms with Crippen LogP contribution in [0.25, 0.3) is 11.0 Å². The van der Waals surface area contributed by atoms with E-state index in [1.54, 1.807) is 13.4 Å². The number of rotatable bonds is 3. The monoisotopic (exact) mass is 307 g/mol. The zero-order valence-corrected chi connectivity index (χ0v) is 12.9. The Hall–Kier alpha value is -2.75. The molecule has 116 valence electrons. The van der Waals surface area contributed by atoms with Crippen LogP contribution in [-0.4, -0.2) is 24.5 Å². The van der Waals surface area contributed by atoms with Crippen molar-refractivity contribution < 1.29 is 13.9 Å². The third kappa shape index (κ3) is 2.27. The number of para-hydroxylation sites is 1. The summed E-state index contributed by atoms with van der Waals surface area (Å²) in [4.78, 5) is 14.8. The Kier molecular flexibility index (Phi) is 3.30. The third-order valence-corrected chi connectivity index (χ3v) is 4.47. The lowest BCUT2D eigenvalue weighted by Crippen LogP contribution is -2.45. The number of benzene rings is 2. The number of ether oxygens (including phenoxy) is 1. The lowest BCUT2D eigenvalue weighted by Gasteiger charge is -2.41. The first-order valence-electron chi connectivity index (χ1n) is 7.69. The Labute approximate surface area is 134 Å². The molecule has 0 spiro atoms. The van der Waals surface area contributed by atoms with E-state index >= 15 is 0 Å². The molecule has 0 unspecified atom stereocenters. The maximum atomic E-state index is 12.9. The molecule has 0 aliphatic carbocycles. The van der Waals surface area contributed by atoms with Gasteiger partial charge >= 0.3 is 0 Å². The number of hydrogen-bond acceptors (Lipinski definition) is 3. The van der Waals surface area contributed by atoms with Gasteiger partial charge in [0.15, 0.2) is 0 Å². The van der Waals surface area contributed by atoms with Crippen molar-refractivity contribution in [3.05, 3.63) is 65.9 Å². The average molecular weight is 307 g/mol. The molecule has 23 heavy (non-hydrogen) atoms. The van der Waals surface area contributed by atoms with Gasteiger partial charge in [0.25, 0.3) is 5.91 Å². The van der Waals surface area contributed by atoms with Crippen molar-refractivity contribution >= 4 is 16.9 Å². The van der Waals surface area contributed by atoms with Gasteiger partial charge in [-0.2, -0.15) is 0 Å². The summed E-state index contributed by atoms with van der Waals surface area (Å²) < 4.78 is 10.8. The van der Waals surface area contributed by atoms with Crippen LogP contribution in [0, 0.1) is 0 Å². The fourth-order valence-corrected chi connectivity index (χ4v) is 3.12. The van der Waals surface area contributed by atoms with E-state index in [1.165, 1.54) is 0 Å². The van der Waals surface area contributed by atoms with E-state index in [0.29, 0.717) is 5.56 Å². The molecule has 1 atom stereocenters. The molecule has 1 fully saturated rings. The fourth-order valence-electron chi connectivity index (χ4n) is 3.12. The molecular formula is C19H17NO3. The summed E-state index contributed by atoms with van der Waals surface area (Å²) in [6, 6.07) is 15.6. The van der Waals surface area contributed by atoms with Crippen LogP contribution >= 0.6 is 0 Å². The van der Waals surface area contributed by atoms with Gasteiger partial charge in [-0.05, 0) is 30.2 Å². The van der Waals surface area contributed by atoms with Gasteiger partial charge in [0.1, 0.15) is 17.6 Å². The van der Waals surface area contributed by atoms with Crippen molar-refractivity contribution in [2.75, 3.05) is 13.7 Å². The summed E-state index contributed by atoms with van der Waals surface area (Å²) in [5.41, 5.74) is 2.49. The molecule has 0 N–H and O–H groups in total. The first-order chi connectivity index (χ1) is 11.3. The average Bonchev–Trinajstić information content (AvgIpc) is 2.98. The molecule has 1 amide bonds. The minimum absolute atomic E-state index is 0.0222. The molecule has 4 rings (SSSR count). The third-order valence-electron chi connectivity index (χ3n) is 4.47. The number of amides is 1. The van der Waals surface area contributed by atoms with Gasteiger partial charge in [0, 0.05) is 11.9 Å². The van der Waals surface area contributed by atoms with E-state index in [4.69, 9.17) is 9.15 Å². The molecule has 1 aromatic heterocycles. The van der Waals surface area contributed by atoms with Gasteiger partial charge in [0.2, 0.25) is 0 Å². The molecule has 2 aromatic carbocycles. The summed E-state index contributed by atoms with van der Waals surface area (Å²) in [6.07, 6.45) is 2.53. The van der Waals surface area contributed by atoms with Gasteiger partial charge in [0.05, 0.1) is 18.7 Å². The summed E-state index contributed by atoms with van der Waals surface area (Å²) in [6.45, 7) is 0.764. The van der Waals surface area contributed by atoms with E-state index in [0.717, 1.165) is 35.2 Å². The Morgan fingerprint density at radius 1 is 1.22 bits per heavy atom. The van der Waals surface area contributed by atoms with Crippen molar-refractivity contribution in [1.82, 2.24) is 4.90 Å². The van der Waals surface area contributed by atoms with Crippen molar-refractivity contribution in [2.24, 2.45) is 0 Å². The molecule has 1 aliphatic heterocycles. The molecule has 3 aromatic rings. The molecule has 1 aliphatic rings. The van der Waals surface area contributed by atoms with Crippen molar-refractivity contribution in [2.45, 2.75) is 12.5 Å². The Morgan fingerprint density at radius 3 is 2.87 bits per heavy atom. The smallest absolute Gasteiger partial charge is 0.258 e. The summed E-state index contributed by atoms with van der Waals surface area (Å²) in [5, 5.41) is 0.869. The molecule has 0 saturated carbocycles. The minimum Gasteiger partial charge on any atom is -0.497 e. The van der Waals surface area contributed by atoms with Gasteiger partial charge in [-0.1, -0.05) is 30.3 Å². The van der Waals surface area contributed by atoms with Crippen LogP contribution in [0.3, 0.4) is 0 Å². The number of furan rings is 1. The van der Waals surface area contributed by atoms with E-state index in [1.807, 2.05) is 53.4 Å². The van der Waals surface area contributed by atoms with Crippen molar-refractivity contribution in [3.63, 3.8) is 0 Å². The summed E-state index contributed by atoms with van der Waals surface area (Å²) in [5.74, 6) is 0.838. The van der Waals surface area contributed by atoms with E-state index in [-0.39, 0.29) is 11.9 Å². The van der Waals surface area contributed by atoms with Gasteiger partial charge in [-0.3, -0.25) is 4.79 Å². The highest BCUT2D eigenvalue weighted by molar-refractivity contribution is 6.06. The summed E-state index contributed by atoms with van der Waals surface area (Å²) >= 11 is 0. The molecule has 4 heteroatoms. The largest absolute Gasteiger partial charge is 0.497 e. The Bertz CT molecular complexity index is 868. The van der Waals surface area contributed by atoms with Crippen molar-refractivity contribution in [1.29, 1.82) is 0 Å². The zero-order valence-electron chi connectivity index (χ0n) is 12.9. The van der Waals surface area contributed by atoms with Crippen LogP contribution in [0.5, 0.6) is 5.75 Å². The SMILES string of the molecule is COc1cccc([C@H]2CCN2C(=O)c2coc3ccccc23)c1. The van der Waals surface area contributed by atoms with Gasteiger partial charge in [-0.15, -0.1) is 0 Å². The van der Waals surface area contributed by atoms with Gasteiger partial charge < -0.3 is 14.1 Å². The maximum Gasteiger partial charge on any atom is 0.258 e. The number of nitrogens with zero attached hydrogens (tertiary/aromatic N) is 1. The quantitative estimate of drug-likeness (QED) is 0.733. The molecule has 0 radical (unpaired) electrons. The predicted octanol–water partition coefficient (Wildman–Crippen LogP) is 4.03. The number of hydrogen-bond donors (Lipinski definition) is 0. The highest BCUT2D eigenvalue weighted by Crippen LogP contribution is 2.36. The number of fused-ring (bicyclic) bond motifs is 1. The second-order valence-electron chi connectivity index (χ2n) is 5.73. The van der Waals surface area contributed by atoms with E-state index < -0.39 is 0 Å². The van der Waals surface area contributed by atoms with Crippen LogP contribution < -0.4 is 4.74 Å². The van der Waals surface area contributed by atoms with Gasteiger partial charge in [-0.25, -0.2) is 0 Å². The Balaban J connectivity index is 1.64. The number of carbonyl (C=O) groups excluding carboxylic acids is 1. The minimum atomic E-state index is 0.0222. The number of carbonyl (C=O) groups is 1. The Morgan fingerprint density at radius 2 is 2.09 bits per heavy atom. The number of likely N-dealkylation sites (tertiary alicyclic amines) is 1. The normalized spacial score (nSPS) is 17.1. The van der Waals surface area contributed by atoms with Crippen molar-refractivity contribution in [3.8, 4) is 5.75 Å². The van der Waals surface area contributed by atoms with Crippen LogP contribution in [0.1, 0.15) is 28.4 Å².